The molecule has 3 rings (SSSR count). The van der Waals surface area contributed by atoms with Crippen molar-refractivity contribution >= 4 is 0 Å². The van der Waals surface area contributed by atoms with Crippen LogP contribution in [-0.2, 0) is 0 Å². The van der Waals surface area contributed by atoms with Crippen molar-refractivity contribution in [2.75, 3.05) is 0 Å². The highest BCUT2D eigenvalue weighted by atomic mass is 14.3. The fourth-order valence-corrected chi connectivity index (χ4v) is 4.12. The molecule has 0 N–H and O–H groups in total. The first kappa shape index (κ1) is 15.1. The summed E-state index contributed by atoms with van der Waals surface area (Å²) in [6.07, 6.45) is 23.8. The molecule has 0 saturated heterocycles. The van der Waals surface area contributed by atoms with Crippen LogP contribution < -0.4 is 0 Å². The molecule has 0 heterocycles. The lowest BCUT2D eigenvalue weighted by Gasteiger charge is -2.34. The number of hydrogen-bond acceptors (Lipinski definition) is 0. The molecule has 19 heavy (non-hydrogen) atoms. The molecule has 0 amide bonds. The Kier molecular flexibility index (Phi) is 7.03. The van der Waals surface area contributed by atoms with Gasteiger partial charge in [-0.15, -0.1) is 0 Å². The Balaban J connectivity index is 0.000000186. The van der Waals surface area contributed by atoms with E-state index in [1.807, 2.05) is 0 Å². The summed E-state index contributed by atoms with van der Waals surface area (Å²) in [6.45, 7) is 2.43. The van der Waals surface area contributed by atoms with Gasteiger partial charge in [0, 0.05) is 0 Å². The Hall–Kier alpha value is -0.260. The highest BCUT2D eigenvalue weighted by Gasteiger charge is 2.26. The molecule has 110 valence electrons. The fourth-order valence-electron chi connectivity index (χ4n) is 4.12. The van der Waals surface area contributed by atoms with E-state index in [0.29, 0.717) is 0 Å². The first-order valence-corrected chi connectivity index (χ1v) is 9.01. The molecule has 0 aromatic rings. The van der Waals surface area contributed by atoms with E-state index in [9.17, 15) is 0 Å². The van der Waals surface area contributed by atoms with Crippen molar-refractivity contribution < 1.29 is 0 Å². The second-order valence-electron chi connectivity index (χ2n) is 7.17. The Morgan fingerprint density at radius 1 is 0.579 bits per heavy atom. The van der Waals surface area contributed by atoms with Gasteiger partial charge in [0.05, 0.1) is 0 Å². The van der Waals surface area contributed by atoms with Crippen molar-refractivity contribution in [1.29, 1.82) is 0 Å². The molecule has 3 aliphatic rings. The van der Waals surface area contributed by atoms with Gasteiger partial charge in [-0.1, -0.05) is 64.0 Å². The molecule has 0 nitrogen and oxygen atoms in total. The van der Waals surface area contributed by atoms with Gasteiger partial charge in [-0.3, -0.25) is 0 Å². The molecule has 0 aromatic carbocycles. The predicted octanol–water partition coefficient (Wildman–Crippen LogP) is 6.51. The molecule has 0 spiro atoms. The third kappa shape index (κ3) is 5.71. The van der Waals surface area contributed by atoms with Gasteiger partial charge in [-0.2, -0.15) is 0 Å². The summed E-state index contributed by atoms with van der Waals surface area (Å²) < 4.78 is 0. The molecular weight excluding hydrogens is 228 g/mol. The van der Waals surface area contributed by atoms with Gasteiger partial charge in [-0.05, 0) is 56.3 Å². The maximum absolute atomic E-state index is 2.43. The van der Waals surface area contributed by atoms with Gasteiger partial charge in [0.2, 0.25) is 0 Å². The van der Waals surface area contributed by atoms with Crippen LogP contribution in [0.5, 0.6) is 0 Å². The fraction of sp³-hybridized carbons (Fsp3) is 0.895. The topological polar surface area (TPSA) is 0 Å². The third-order valence-corrected chi connectivity index (χ3v) is 5.54. The summed E-state index contributed by atoms with van der Waals surface area (Å²) in [6, 6.07) is 0. The van der Waals surface area contributed by atoms with Crippen LogP contribution >= 0.6 is 0 Å². The van der Waals surface area contributed by atoms with E-state index in [2.05, 4.69) is 19.1 Å². The van der Waals surface area contributed by atoms with E-state index in [-0.39, 0.29) is 0 Å². The molecule has 2 fully saturated rings. The van der Waals surface area contributed by atoms with E-state index in [1.54, 1.807) is 25.7 Å². The summed E-state index contributed by atoms with van der Waals surface area (Å²) in [5, 5.41) is 0. The van der Waals surface area contributed by atoms with Crippen molar-refractivity contribution in [3.8, 4) is 0 Å². The highest BCUT2D eigenvalue weighted by molar-refractivity contribution is 4.85. The van der Waals surface area contributed by atoms with E-state index in [4.69, 9.17) is 0 Å². The van der Waals surface area contributed by atoms with Crippen LogP contribution in [-0.4, -0.2) is 0 Å². The quantitative estimate of drug-likeness (QED) is 0.472. The summed E-state index contributed by atoms with van der Waals surface area (Å²) in [7, 11) is 0. The van der Waals surface area contributed by atoms with Crippen LogP contribution in [0.15, 0.2) is 12.2 Å². The van der Waals surface area contributed by atoms with Crippen molar-refractivity contribution in [3.05, 3.63) is 12.2 Å². The monoisotopic (exact) mass is 262 g/mol. The lowest BCUT2D eigenvalue weighted by atomic mass is 9.71. The van der Waals surface area contributed by atoms with E-state index < -0.39 is 0 Å². The number of allylic oxidation sites excluding steroid dienone is 2. The van der Waals surface area contributed by atoms with Gasteiger partial charge >= 0.3 is 0 Å². The van der Waals surface area contributed by atoms with Crippen LogP contribution in [0.2, 0.25) is 0 Å². The van der Waals surface area contributed by atoms with E-state index in [0.717, 1.165) is 17.8 Å². The van der Waals surface area contributed by atoms with Crippen molar-refractivity contribution in [2.45, 2.75) is 90.4 Å². The van der Waals surface area contributed by atoms with Gasteiger partial charge < -0.3 is 0 Å². The molecule has 0 aliphatic heterocycles. The van der Waals surface area contributed by atoms with Crippen LogP contribution in [0.3, 0.4) is 0 Å². The van der Waals surface area contributed by atoms with E-state index >= 15 is 0 Å². The Labute approximate surface area is 121 Å². The SMILES string of the molecule is C1=CCCCC1.CC1CCC(C2CCCCC2)CC1. The van der Waals surface area contributed by atoms with Crippen molar-refractivity contribution in [1.82, 2.24) is 0 Å². The highest BCUT2D eigenvalue weighted by Crippen LogP contribution is 2.39. The lowest BCUT2D eigenvalue weighted by Crippen LogP contribution is -2.22. The maximum Gasteiger partial charge on any atom is -0.0351 e. The van der Waals surface area contributed by atoms with Crippen LogP contribution in [0.1, 0.15) is 90.4 Å². The van der Waals surface area contributed by atoms with Gasteiger partial charge in [0.15, 0.2) is 0 Å². The Bertz CT molecular complexity index is 231. The van der Waals surface area contributed by atoms with Crippen molar-refractivity contribution in [3.63, 3.8) is 0 Å². The number of rotatable bonds is 1. The molecule has 0 aromatic heterocycles. The Morgan fingerprint density at radius 3 is 1.58 bits per heavy atom. The van der Waals surface area contributed by atoms with Crippen LogP contribution in [0, 0.1) is 17.8 Å². The molecule has 0 radical (unpaired) electrons. The minimum atomic E-state index is 1.03. The molecule has 2 saturated carbocycles. The van der Waals surface area contributed by atoms with E-state index in [1.165, 1.54) is 57.8 Å². The van der Waals surface area contributed by atoms with Gasteiger partial charge in [0.1, 0.15) is 0 Å². The van der Waals surface area contributed by atoms with Crippen molar-refractivity contribution in [2.24, 2.45) is 17.8 Å². The summed E-state index contributed by atoms with van der Waals surface area (Å²) >= 11 is 0. The van der Waals surface area contributed by atoms with Gasteiger partial charge in [0.25, 0.3) is 0 Å². The standard InChI is InChI=1S/C13H24.C6H10/c1-11-7-9-13(10-8-11)12-5-3-2-4-6-12;1-2-4-6-5-3-1/h11-13H,2-10H2,1H3;1-2H,3-6H2. The minimum Gasteiger partial charge on any atom is -0.0885 e. The second-order valence-corrected chi connectivity index (χ2v) is 7.17. The van der Waals surface area contributed by atoms with Crippen LogP contribution in [0.25, 0.3) is 0 Å². The zero-order chi connectivity index (χ0) is 13.3. The first-order valence-electron chi connectivity index (χ1n) is 9.01. The first-order chi connectivity index (χ1) is 9.36. The zero-order valence-electron chi connectivity index (χ0n) is 13.1. The molecule has 0 unspecified atom stereocenters. The molecular formula is C19H34. The summed E-state index contributed by atoms with van der Waals surface area (Å²) in [4.78, 5) is 0. The third-order valence-electron chi connectivity index (χ3n) is 5.54. The average Bonchev–Trinajstić information content (AvgIpc) is 2.51. The molecule has 0 heteroatoms. The Morgan fingerprint density at radius 2 is 1.11 bits per heavy atom. The molecule has 0 bridgehead atoms. The van der Waals surface area contributed by atoms with Gasteiger partial charge in [-0.25, -0.2) is 0 Å². The minimum absolute atomic E-state index is 1.03. The molecule has 3 aliphatic carbocycles. The smallest absolute Gasteiger partial charge is 0.0351 e. The largest absolute Gasteiger partial charge is 0.0885 e. The normalized spacial score (nSPS) is 32.5. The second kappa shape index (κ2) is 8.82. The zero-order valence-corrected chi connectivity index (χ0v) is 13.1. The molecule has 0 atom stereocenters. The maximum atomic E-state index is 2.43. The number of hydrogen-bond donors (Lipinski definition) is 0. The predicted molar refractivity (Wildman–Crippen MR) is 85.3 cm³/mol. The lowest BCUT2D eigenvalue weighted by molar-refractivity contribution is 0.173. The summed E-state index contributed by atoms with van der Waals surface area (Å²) in [5.74, 6) is 3.28. The van der Waals surface area contributed by atoms with Crippen LogP contribution in [0.4, 0.5) is 0 Å². The summed E-state index contributed by atoms with van der Waals surface area (Å²) in [5.41, 5.74) is 0. The average molecular weight is 262 g/mol.